The number of methoxy groups -OCH3 is 1. The van der Waals surface area contributed by atoms with Crippen LogP contribution >= 0.6 is 0 Å². The summed E-state index contributed by atoms with van der Waals surface area (Å²) in [7, 11) is -2.61. The Morgan fingerprint density at radius 3 is 2.27 bits per heavy atom. The van der Waals surface area contributed by atoms with Gasteiger partial charge in [0.1, 0.15) is 10.6 Å². The summed E-state index contributed by atoms with van der Waals surface area (Å²) in [6.07, 6.45) is 0. The molecule has 0 atom stereocenters. The first-order chi connectivity index (χ1) is 6.79. The lowest BCUT2D eigenvalue weighted by Gasteiger charge is -1.98. The summed E-state index contributed by atoms with van der Waals surface area (Å²) in [5, 5.41) is 5.01. The molecular formula is C8H12N2O4S. The van der Waals surface area contributed by atoms with Crippen molar-refractivity contribution < 1.29 is 17.9 Å². The summed E-state index contributed by atoms with van der Waals surface area (Å²) >= 11 is 0. The van der Waals surface area contributed by atoms with Crippen molar-refractivity contribution in [2.45, 2.75) is 18.7 Å². The van der Waals surface area contributed by atoms with Crippen LogP contribution in [-0.4, -0.2) is 26.5 Å². The van der Waals surface area contributed by atoms with E-state index in [-0.39, 0.29) is 16.2 Å². The second kappa shape index (κ2) is 3.67. The van der Waals surface area contributed by atoms with Gasteiger partial charge in [-0.25, -0.2) is 18.4 Å². The SMILES string of the molecule is COC(=O)c1[nH]c(C)c(S(N)(=O)=O)c1C. The van der Waals surface area contributed by atoms with Gasteiger partial charge in [0, 0.05) is 11.3 Å². The number of sulfonamides is 1. The summed E-state index contributed by atoms with van der Waals surface area (Å²) in [6.45, 7) is 3.02. The molecule has 1 heterocycles. The summed E-state index contributed by atoms with van der Waals surface area (Å²) in [5.74, 6) is -0.620. The third-order valence-corrected chi connectivity index (χ3v) is 3.22. The lowest BCUT2D eigenvalue weighted by Crippen LogP contribution is -2.14. The summed E-state index contributed by atoms with van der Waals surface area (Å²) < 4.78 is 26.9. The molecule has 0 bridgehead atoms. The quantitative estimate of drug-likeness (QED) is 0.704. The zero-order valence-corrected chi connectivity index (χ0v) is 9.44. The number of hydrogen-bond acceptors (Lipinski definition) is 4. The highest BCUT2D eigenvalue weighted by molar-refractivity contribution is 7.89. The minimum Gasteiger partial charge on any atom is -0.464 e. The van der Waals surface area contributed by atoms with Crippen LogP contribution in [0.2, 0.25) is 0 Å². The smallest absolute Gasteiger partial charge is 0.354 e. The lowest BCUT2D eigenvalue weighted by molar-refractivity contribution is 0.0593. The molecule has 0 radical (unpaired) electrons. The first-order valence-electron chi connectivity index (χ1n) is 4.09. The molecule has 7 heteroatoms. The maximum atomic E-state index is 11.2. The average Bonchev–Trinajstić information content (AvgIpc) is 2.39. The van der Waals surface area contributed by atoms with Crippen LogP contribution in [0.5, 0.6) is 0 Å². The van der Waals surface area contributed by atoms with E-state index in [2.05, 4.69) is 9.72 Å². The Labute approximate surface area is 87.5 Å². The third kappa shape index (κ3) is 2.02. The number of aromatic nitrogens is 1. The molecule has 84 valence electrons. The molecule has 0 aromatic carbocycles. The van der Waals surface area contributed by atoms with E-state index in [1.54, 1.807) is 0 Å². The number of H-pyrrole nitrogens is 1. The molecule has 3 N–H and O–H groups in total. The number of rotatable bonds is 2. The van der Waals surface area contributed by atoms with Crippen LogP contribution in [0, 0.1) is 13.8 Å². The Balaban J connectivity index is 3.47. The molecule has 0 aliphatic heterocycles. The van der Waals surface area contributed by atoms with Gasteiger partial charge in [-0.2, -0.15) is 0 Å². The van der Waals surface area contributed by atoms with Crippen LogP contribution in [0.25, 0.3) is 0 Å². The van der Waals surface area contributed by atoms with Crippen LogP contribution in [0.4, 0.5) is 0 Å². The molecule has 6 nitrogen and oxygen atoms in total. The third-order valence-electron chi connectivity index (χ3n) is 2.04. The largest absolute Gasteiger partial charge is 0.464 e. The molecule has 0 spiro atoms. The number of nitrogens with two attached hydrogens (primary N) is 1. The minimum absolute atomic E-state index is 0.0529. The highest BCUT2D eigenvalue weighted by Gasteiger charge is 2.23. The summed E-state index contributed by atoms with van der Waals surface area (Å²) in [6, 6.07) is 0. The molecule has 0 aliphatic rings. The number of nitrogens with one attached hydrogen (secondary N) is 1. The molecule has 0 saturated carbocycles. The Bertz CT molecular complexity index is 501. The molecule has 1 rings (SSSR count). The fourth-order valence-electron chi connectivity index (χ4n) is 1.47. The second-order valence-electron chi connectivity index (χ2n) is 3.12. The maximum Gasteiger partial charge on any atom is 0.354 e. The Morgan fingerprint density at radius 1 is 1.40 bits per heavy atom. The van der Waals surface area contributed by atoms with Gasteiger partial charge in [-0.3, -0.25) is 0 Å². The zero-order valence-electron chi connectivity index (χ0n) is 8.62. The number of primary sulfonamides is 1. The highest BCUT2D eigenvalue weighted by atomic mass is 32.2. The summed E-state index contributed by atoms with van der Waals surface area (Å²) in [5.41, 5.74) is 0.719. The van der Waals surface area contributed by atoms with Crippen molar-refractivity contribution in [2.75, 3.05) is 7.11 Å². The normalized spacial score (nSPS) is 11.5. The molecule has 1 aromatic heterocycles. The van der Waals surface area contributed by atoms with Gasteiger partial charge in [-0.15, -0.1) is 0 Å². The maximum absolute atomic E-state index is 11.2. The van der Waals surface area contributed by atoms with Gasteiger partial charge < -0.3 is 9.72 Å². The fourth-order valence-corrected chi connectivity index (χ4v) is 2.47. The van der Waals surface area contributed by atoms with E-state index in [4.69, 9.17) is 5.14 Å². The Morgan fingerprint density at radius 2 is 1.93 bits per heavy atom. The molecule has 15 heavy (non-hydrogen) atoms. The fraction of sp³-hybridized carbons (Fsp3) is 0.375. The number of carbonyl (C=O) groups is 1. The standard InChI is InChI=1S/C8H12N2O4S/c1-4-6(8(11)14-3)10-5(2)7(4)15(9,12)13/h10H,1-3H3,(H2,9,12,13). The predicted molar refractivity (Wildman–Crippen MR) is 53.0 cm³/mol. The molecule has 0 aliphatic carbocycles. The van der Waals surface area contributed by atoms with E-state index in [1.165, 1.54) is 21.0 Å². The second-order valence-corrected chi connectivity index (χ2v) is 4.61. The minimum atomic E-state index is -3.82. The molecule has 0 unspecified atom stereocenters. The summed E-state index contributed by atoms with van der Waals surface area (Å²) in [4.78, 5) is 13.8. The van der Waals surface area contributed by atoms with Crippen LogP contribution in [0.1, 0.15) is 21.7 Å². The number of ether oxygens (including phenoxy) is 1. The monoisotopic (exact) mass is 232 g/mol. The van der Waals surface area contributed by atoms with Crippen molar-refractivity contribution in [2.24, 2.45) is 5.14 Å². The molecular weight excluding hydrogens is 220 g/mol. The molecule has 0 saturated heterocycles. The van der Waals surface area contributed by atoms with Crippen molar-refractivity contribution in [3.63, 3.8) is 0 Å². The number of aromatic amines is 1. The number of hydrogen-bond donors (Lipinski definition) is 2. The van der Waals surface area contributed by atoms with Gasteiger partial charge in [0.2, 0.25) is 10.0 Å². The van der Waals surface area contributed by atoms with Gasteiger partial charge in [0.15, 0.2) is 0 Å². The van der Waals surface area contributed by atoms with E-state index < -0.39 is 16.0 Å². The van der Waals surface area contributed by atoms with Gasteiger partial charge in [0.05, 0.1) is 7.11 Å². The van der Waals surface area contributed by atoms with E-state index in [1.807, 2.05) is 0 Å². The van der Waals surface area contributed by atoms with Crippen molar-refractivity contribution in [3.8, 4) is 0 Å². The lowest BCUT2D eigenvalue weighted by atomic mass is 10.2. The zero-order chi connectivity index (χ0) is 11.8. The van der Waals surface area contributed by atoms with E-state index in [0.29, 0.717) is 5.69 Å². The van der Waals surface area contributed by atoms with Gasteiger partial charge in [0.25, 0.3) is 0 Å². The van der Waals surface area contributed by atoms with Crippen LogP contribution in [0.3, 0.4) is 0 Å². The molecule has 1 aromatic rings. The van der Waals surface area contributed by atoms with E-state index in [0.717, 1.165) is 0 Å². The number of esters is 1. The van der Waals surface area contributed by atoms with Crippen molar-refractivity contribution >= 4 is 16.0 Å². The van der Waals surface area contributed by atoms with Gasteiger partial charge in [-0.05, 0) is 13.8 Å². The van der Waals surface area contributed by atoms with Gasteiger partial charge >= 0.3 is 5.97 Å². The average molecular weight is 232 g/mol. The first kappa shape index (κ1) is 11.7. The van der Waals surface area contributed by atoms with Crippen molar-refractivity contribution in [1.29, 1.82) is 0 Å². The van der Waals surface area contributed by atoms with E-state index in [9.17, 15) is 13.2 Å². The molecule has 0 amide bonds. The van der Waals surface area contributed by atoms with E-state index >= 15 is 0 Å². The first-order valence-corrected chi connectivity index (χ1v) is 5.64. The van der Waals surface area contributed by atoms with Crippen LogP contribution in [0.15, 0.2) is 4.90 Å². The van der Waals surface area contributed by atoms with Crippen LogP contribution < -0.4 is 5.14 Å². The van der Waals surface area contributed by atoms with Gasteiger partial charge in [-0.1, -0.05) is 0 Å². The van der Waals surface area contributed by atoms with Crippen LogP contribution in [-0.2, 0) is 14.8 Å². The number of aryl methyl sites for hydroxylation is 1. The Kier molecular flexibility index (Phi) is 2.87. The number of carbonyl (C=O) groups excluding carboxylic acids is 1. The molecule has 0 fully saturated rings. The Hall–Kier alpha value is -1.34. The van der Waals surface area contributed by atoms with Crippen molar-refractivity contribution in [3.05, 3.63) is 17.0 Å². The van der Waals surface area contributed by atoms with Crippen molar-refractivity contribution in [1.82, 2.24) is 4.98 Å². The topological polar surface area (TPSA) is 102 Å². The predicted octanol–water partition coefficient (Wildman–Crippen LogP) is 0.0655. The highest BCUT2D eigenvalue weighted by Crippen LogP contribution is 2.22.